The van der Waals surface area contributed by atoms with E-state index in [9.17, 15) is 4.79 Å². The molecular weight excluding hydrogens is 326 g/mol. The van der Waals surface area contributed by atoms with E-state index in [1.807, 2.05) is 23.6 Å². The molecule has 3 rings (SSSR count). The van der Waals surface area contributed by atoms with Gasteiger partial charge in [-0.1, -0.05) is 6.07 Å². The van der Waals surface area contributed by atoms with Gasteiger partial charge in [-0.3, -0.25) is 9.78 Å². The SMILES string of the molecule is O=C(CCc1csc(-c2ccncc2)n1)NCCc1cccs1. The van der Waals surface area contributed by atoms with E-state index in [1.54, 1.807) is 35.1 Å². The molecule has 0 saturated heterocycles. The second-order valence-corrected chi connectivity index (χ2v) is 6.95. The maximum atomic E-state index is 11.9. The van der Waals surface area contributed by atoms with Crippen LogP contribution in [0, 0.1) is 0 Å². The van der Waals surface area contributed by atoms with Gasteiger partial charge in [0, 0.05) is 41.2 Å². The van der Waals surface area contributed by atoms with Crippen LogP contribution in [0.25, 0.3) is 10.6 Å². The van der Waals surface area contributed by atoms with Crippen molar-refractivity contribution < 1.29 is 4.79 Å². The van der Waals surface area contributed by atoms with Crippen LogP contribution in [0.4, 0.5) is 0 Å². The molecule has 1 N–H and O–H groups in total. The number of hydrogen-bond acceptors (Lipinski definition) is 5. The average Bonchev–Trinajstić information content (AvgIpc) is 3.25. The van der Waals surface area contributed by atoms with Gasteiger partial charge in [0.05, 0.1) is 5.69 Å². The van der Waals surface area contributed by atoms with Crippen molar-refractivity contribution in [2.75, 3.05) is 6.54 Å². The lowest BCUT2D eigenvalue weighted by Gasteiger charge is -2.03. The third-order valence-corrected chi connectivity index (χ3v) is 5.24. The van der Waals surface area contributed by atoms with E-state index >= 15 is 0 Å². The van der Waals surface area contributed by atoms with Crippen molar-refractivity contribution >= 4 is 28.6 Å². The van der Waals surface area contributed by atoms with Crippen LogP contribution in [0.3, 0.4) is 0 Å². The quantitative estimate of drug-likeness (QED) is 0.714. The van der Waals surface area contributed by atoms with Crippen molar-refractivity contribution in [1.29, 1.82) is 0 Å². The number of pyridine rings is 1. The van der Waals surface area contributed by atoms with Crippen LogP contribution in [0.5, 0.6) is 0 Å². The Hall–Kier alpha value is -2.05. The lowest BCUT2D eigenvalue weighted by molar-refractivity contribution is -0.121. The van der Waals surface area contributed by atoms with Gasteiger partial charge < -0.3 is 5.32 Å². The number of nitrogens with one attached hydrogen (secondary N) is 1. The molecule has 0 fully saturated rings. The largest absolute Gasteiger partial charge is 0.356 e. The first-order chi connectivity index (χ1) is 11.3. The number of thiophene rings is 1. The highest BCUT2D eigenvalue weighted by Gasteiger charge is 2.07. The van der Waals surface area contributed by atoms with Gasteiger partial charge in [0.1, 0.15) is 5.01 Å². The van der Waals surface area contributed by atoms with E-state index in [0.717, 1.165) is 22.7 Å². The third kappa shape index (κ3) is 4.71. The summed E-state index contributed by atoms with van der Waals surface area (Å²) in [6.45, 7) is 0.693. The van der Waals surface area contributed by atoms with Gasteiger partial charge in [-0.2, -0.15) is 0 Å². The van der Waals surface area contributed by atoms with Crippen LogP contribution in [0.15, 0.2) is 47.4 Å². The maximum absolute atomic E-state index is 11.9. The van der Waals surface area contributed by atoms with Crippen molar-refractivity contribution in [3.63, 3.8) is 0 Å². The van der Waals surface area contributed by atoms with Crippen molar-refractivity contribution in [2.24, 2.45) is 0 Å². The standard InChI is InChI=1S/C17H17N3OS2/c21-16(19-10-7-15-2-1-11-22-15)4-3-14-12-23-17(20-14)13-5-8-18-9-6-13/h1-2,5-6,8-9,11-12H,3-4,7,10H2,(H,19,21). The number of nitrogens with zero attached hydrogens (tertiary/aromatic N) is 2. The summed E-state index contributed by atoms with van der Waals surface area (Å²) >= 11 is 3.32. The Balaban J connectivity index is 1.43. The number of hydrogen-bond donors (Lipinski definition) is 1. The lowest BCUT2D eigenvalue weighted by atomic mass is 10.2. The summed E-state index contributed by atoms with van der Waals surface area (Å²) < 4.78 is 0. The van der Waals surface area contributed by atoms with Gasteiger partial charge in [0.25, 0.3) is 0 Å². The Morgan fingerprint density at radius 1 is 1.13 bits per heavy atom. The normalized spacial score (nSPS) is 10.6. The molecule has 0 saturated carbocycles. The minimum absolute atomic E-state index is 0.0833. The predicted molar refractivity (Wildman–Crippen MR) is 94.7 cm³/mol. The lowest BCUT2D eigenvalue weighted by Crippen LogP contribution is -2.25. The minimum Gasteiger partial charge on any atom is -0.356 e. The molecule has 4 nitrogen and oxygen atoms in total. The monoisotopic (exact) mass is 343 g/mol. The predicted octanol–water partition coefficient (Wildman–Crippen LogP) is 3.56. The molecule has 6 heteroatoms. The summed E-state index contributed by atoms with van der Waals surface area (Å²) in [5.74, 6) is 0.0833. The van der Waals surface area contributed by atoms with Crippen LogP contribution in [0.2, 0.25) is 0 Å². The zero-order chi connectivity index (χ0) is 15.9. The summed E-state index contributed by atoms with van der Waals surface area (Å²) in [4.78, 5) is 21.8. The van der Waals surface area contributed by atoms with Gasteiger partial charge in [-0.25, -0.2) is 4.98 Å². The maximum Gasteiger partial charge on any atom is 0.220 e. The number of aryl methyl sites for hydroxylation is 1. The first-order valence-corrected chi connectivity index (χ1v) is 9.21. The summed E-state index contributed by atoms with van der Waals surface area (Å²) in [7, 11) is 0. The fraction of sp³-hybridized carbons (Fsp3) is 0.235. The van der Waals surface area contributed by atoms with Crippen molar-refractivity contribution in [3.05, 3.63) is 58.0 Å². The summed E-state index contributed by atoms with van der Waals surface area (Å²) in [6, 6.07) is 8.01. The van der Waals surface area contributed by atoms with E-state index in [2.05, 4.69) is 26.7 Å². The second-order valence-electron chi connectivity index (χ2n) is 5.06. The fourth-order valence-electron chi connectivity index (χ4n) is 2.16. The van der Waals surface area contributed by atoms with Crippen LogP contribution in [-0.2, 0) is 17.6 Å². The first kappa shape index (κ1) is 15.8. The molecule has 3 heterocycles. The molecule has 0 bridgehead atoms. The molecule has 118 valence electrons. The Morgan fingerprint density at radius 3 is 2.78 bits per heavy atom. The number of carbonyl (C=O) groups is 1. The Morgan fingerprint density at radius 2 is 2.00 bits per heavy atom. The topological polar surface area (TPSA) is 54.9 Å². The van der Waals surface area contributed by atoms with Crippen molar-refractivity contribution in [2.45, 2.75) is 19.3 Å². The van der Waals surface area contributed by atoms with Crippen molar-refractivity contribution in [1.82, 2.24) is 15.3 Å². The summed E-state index contributed by atoms with van der Waals surface area (Å²) in [6.07, 6.45) is 5.57. The molecule has 0 unspecified atom stereocenters. The van der Waals surface area contributed by atoms with Gasteiger partial charge >= 0.3 is 0 Å². The second kappa shape index (κ2) is 7.99. The molecule has 0 spiro atoms. The Kier molecular flexibility index (Phi) is 5.50. The molecule has 3 aromatic heterocycles. The molecular formula is C17H17N3OS2. The highest BCUT2D eigenvalue weighted by atomic mass is 32.1. The smallest absolute Gasteiger partial charge is 0.220 e. The molecule has 0 aliphatic rings. The molecule has 1 amide bonds. The molecule has 0 aliphatic heterocycles. The molecule has 0 atom stereocenters. The van der Waals surface area contributed by atoms with Crippen LogP contribution < -0.4 is 5.32 Å². The van der Waals surface area contributed by atoms with Crippen LogP contribution in [-0.4, -0.2) is 22.4 Å². The summed E-state index contributed by atoms with van der Waals surface area (Å²) in [5.41, 5.74) is 2.03. The first-order valence-electron chi connectivity index (χ1n) is 7.45. The van der Waals surface area contributed by atoms with Crippen LogP contribution in [0.1, 0.15) is 17.0 Å². The van der Waals surface area contributed by atoms with E-state index in [-0.39, 0.29) is 5.91 Å². The Labute approximate surface area is 143 Å². The van der Waals surface area contributed by atoms with Crippen molar-refractivity contribution in [3.8, 4) is 10.6 Å². The van der Waals surface area contributed by atoms with E-state index in [1.165, 1.54) is 4.88 Å². The van der Waals surface area contributed by atoms with E-state index in [4.69, 9.17) is 0 Å². The molecule has 0 radical (unpaired) electrons. The number of amides is 1. The highest BCUT2D eigenvalue weighted by molar-refractivity contribution is 7.13. The Bertz CT molecular complexity index is 738. The van der Waals surface area contributed by atoms with Gasteiger partial charge in [-0.05, 0) is 36.4 Å². The van der Waals surface area contributed by atoms with E-state index < -0.39 is 0 Å². The van der Waals surface area contributed by atoms with Gasteiger partial charge in [0.15, 0.2) is 0 Å². The number of carbonyl (C=O) groups excluding carboxylic acids is 1. The molecule has 0 aliphatic carbocycles. The molecule has 23 heavy (non-hydrogen) atoms. The molecule has 0 aromatic carbocycles. The van der Waals surface area contributed by atoms with E-state index in [0.29, 0.717) is 19.4 Å². The molecule has 3 aromatic rings. The number of aromatic nitrogens is 2. The zero-order valence-corrected chi connectivity index (χ0v) is 14.2. The zero-order valence-electron chi connectivity index (χ0n) is 12.6. The minimum atomic E-state index is 0.0833. The number of rotatable bonds is 7. The van der Waals surface area contributed by atoms with Gasteiger partial charge in [0.2, 0.25) is 5.91 Å². The summed E-state index contributed by atoms with van der Waals surface area (Å²) in [5, 5.41) is 8.02. The highest BCUT2D eigenvalue weighted by Crippen LogP contribution is 2.23. The van der Waals surface area contributed by atoms with Crippen LogP contribution >= 0.6 is 22.7 Å². The average molecular weight is 343 g/mol. The third-order valence-electron chi connectivity index (χ3n) is 3.36. The number of thiazole rings is 1. The fourth-order valence-corrected chi connectivity index (χ4v) is 3.73. The van der Waals surface area contributed by atoms with Gasteiger partial charge in [-0.15, -0.1) is 22.7 Å².